The van der Waals surface area contributed by atoms with E-state index in [1.807, 2.05) is 0 Å². The molecular weight excluding hydrogens is 204 g/mol. The summed E-state index contributed by atoms with van der Waals surface area (Å²) in [5.41, 5.74) is 0. The molecule has 0 aliphatic rings. The van der Waals surface area contributed by atoms with E-state index >= 15 is 0 Å². The maximum atomic E-state index is 10.7. The summed E-state index contributed by atoms with van der Waals surface area (Å²) < 4.78 is 10.1. The summed E-state index contributed by atoms with van der Waals surface area (Å²) >= 11 is 1.17. The molecule has 0 unspecified atom stereocenters. The van der Waals surface area contributed by atoms with Crippen LogP contribution in [0.4, 0.5) is 0 Å². The molecule has 5 heteroatoms. The van der Waals surface area contributed by atoms with E-state index in [0.29, 0.717) is 19.0 Å². The van der Waals surface area contributed by atoms with Crippen LogP contribution in [0.1, 0.15) is 16.1 Å². The summed E-state index contributed by atoms with van der Waals surface area (Å²) in [4.78, 5) is 10.9. The smallest absolute Gasteiger partial charge is 0.349 e. The van der Waals surface area contributed by atoms with Crippen molar-refractivity contribution in [3.63, 3.8) is 0 Å². The van der Waals surface area contributed by atoms with Crippen molar-refractivity contribution in [2.45, 2.75) is 6.42 Å². The molecule has 1 aromatic rings. The van der Waals surface area contributed by atoms with Crippen LogP contribution < -0.4 is 4.74 Å². The van der Waals surface area contributed by atoms with Crippen LogP contribution in [0, 0.1) is 0 Å². The van der Waals surface area contributed by atoms with Crippen molar-refractivity contribution in [1.29, 1.82) is 0 Å². The van der Waals surface area contributed by atoms with Crippen molar-refractivity contribution in [3.8, 4) is 5.75 Å². The van der Waals surface area contributed by atoms with Gasteiger partial charge in [-0.2, -0.15) is 0 Å². The third-order valence-electron chi connectivity index (χ3n) is 1.57. The lowest BCUT2D eigenvalue weighted by Gasteiger charge is -2.04. The normalized spacial score (nSPS) is 10.1. The summed E-state index contributed by atoms with van der Waals surface area (Å²) in [7, 11) is 1.62. The molecule has 78 valence electrons. The third kappa shape index (κ3) is 3.01. The van der Waals surface area contributed by atoms with E-state index in [4.69, 9.17) is 14.6 Å². The van der Waals surface area contributed by atoms with Gasteiger partial charge in [0.1, 0.15) is 5.75 Å². The number of methoxy groups -OCH3 is 1. The Kier molecular flexibility index (Phi) is 4.42. The molecule has 4 nitrogen and oxygen atoms in total. The number of thiophene rings is 1. The number of carboxylic acid groups (broad SMARTS) is 1. The molecule has 0 saturated carbocycles. The first kappa shape index (κ1) is 11.0. The number of carbonyl (C=O) groups is 1. The summed E-state index contributed by atoms with van der Waals surface area (Å²) in [6.45, 7) is 1.09. The Balaban J connectivity index is 2.42. The zero-order valence-electron chi connectivity index (χ0n) is 7.86. The molecule has 0 amide bonds. The van der Waals surface area contributed by atoms with E-state index in [2.05, 4.69) is 0 Å². The topological polar surface area (TPSA) is 55.8 Å². The Hall–Kier alpha value is -1.07. The van der Waals surface area contributed by atoms with Gasteiger partial charge in [0.2, 0.25) is 0 Å². The van der Waals surface area contributed by atoms with Crippen LogP contribution in [-0.2, 0) is 4.74 Å². The van der Waals surface area contributed by atoms with E-state index in [1.54, 1.807) is 18.6 Å². The van der Waals surface area contributed by atoms with Crippen LogP contribution in [-0.4, -0.2) is 31.4 Å². The fourth-order valence-electron chi connectivity index (χ4n) is 0.952. The van der Waals surface area contributed by atoms with Crippen molar-refractivity contribution < 1.29 is 19.4 Å². The Bertz CT molecular complexity index is 295. The van der Waals surface area contributed by atoms with E-state index < -0.39 is 5.97 Å². The van der Waals surface area contributed by atoms with Crippen molar-refractivity contribution in [3.05, 3.63) is 16.3 Å². The third-order valence-corrected chi connectivity index (χ3v) is 2.46. The molecule has 0 radical (unpaired) electrons. The Morgan fingerprint density at radius 3 is 3.00 bits per heavy atom. The molecule has 0 atom stereocenters. The fourth-order valence-corrected chi connectivity index (χ4v) is 1.62. The molecule has 0 aromatic carbocycles. The molecule has 1 rings (SSSR count). The molecule has 0 bridgehead atoms. The minimum absolute atomic E-state index is 0.252. The predicted molar refractivity (Wildman–Crippen MR) is 53.3 cm³/mol. The van der Waals surface area contributed by atoms with Crippen molar-refractivity contribution in [2.24, 2.45) is 0 Å². The van der Waals surface area contributed by atoms with E-state index in [0.717, 1.165) is 6.42 Å². The average Bonchev–Trinajstić information content (AvgIpc) is 2.60. The molecule has 0 aliphatic carbocycles. The number of carboxylic acids is 1. The van der Waals surface area contributed by atoms with Crippen molar-refractivity contribution in [1.82, 2.24) is 0 Å². The summed E-state index contributed by atoms with van der Waals surface area (Å²) in [5, 5.41) is 10.5. The van der Waals surface area contributed by atoms with Gasteiger partial charge < -0.3 is 14.6 Å². The second-order valence-electron chi connectivity index (χ2n) is 2.61. The summed E-state index contributed by atoms with van der Waals surface area (Å²) in [6, 6.07) is 1.67. The van der Waals surface area contributed by atoms with Gasteiger partial charge in [0.25, 0.3) is 0 Å². The van der Waals surface area contributed by atoms with Crippen LogP contribution in [0.5, 0.6) is 5.75 Å². The minimum atomic E-state index is -0.943. The molecule has 1 N–H and O–H groups in total. The standard InChI is InChI=1S/C9H12O4S/c1-12-4-2-5-13-7-3-6-14-8(7)9(10)11/h3,6H,2,4-5H2,1H3,(H,10,11). The first-order valence-electron chi connectivity index (χ1n) is 4.18. The Morgan fingerprint density at radius 2 is 2.36 bits per heavy atom. The van der Waals surface area contributed by atoms with E-state index in [1.165, 1.54) is 11.3 Å². The molecule has 14 heavy (non-hydrogen) atoms. The highest BCUT2D eigenvalue weighted by atomic mass is 32.1. The fraction of sp³-hybridized carbons (Fsp3) is 0.444. The number of rotatable bonds is 6. The Morgan fingerprint density at radius 1 is 1.57 bits per heavy atom. The van der Waals surface area contributed by atoms with Gasteiger partial charge in [0.15, 0.2) is 4.88 Å². The van der Waals surface area contributed by atoms with E-state index in [9.17, 15) is 4.79 Å². The second-order valence-corrected chi connectivity index (χ2v) is 3.53. The van der Waals surface area contributed by atoms with Crippen LogP contribution >= 0.6 is 11.3 Å². The maximum absolute atomic E-state index is 10.7. The number of aromatic carboxylic acids is 1. The van der Waals surface area contributed by atoms with Crippen molar-refractivity contribution in [2.75, 3.05) is 20.3 Å². The lowest BCUT2D eigenvalue weighted by Crippen LogP contribution is -2.03. The zero-order chi connectivity index (χ0) is 10.4. The van der Waals surface area contributed by atoms with Crippen LogP contribution in [0.15, 0.2) is 11.4 Å². The maximum Gasteiger partial charge on any atom is 0.349 e. The first-order chi connectivity index (χ1) is 6.75. The minimum Gasteiger partial charge on any atom is -0.492 e. The summed E-state index contributed by atoms with van der Waals surface area (Å²) in [5.74, 6) is -0.500. The highest BCUT2D eigenvalue weighted by Gasteiger charge is 2.12. The monoisotopic (exact) mass is 216 g/mol. The van der Waals surface area contributed by atoms with E-state index in [-0.39, 0.29) is 4.88 Å². The van der Waals surface area contributed by atoms with Gasteiger partial charge in [-0.05, 0) is 11.4 Å². The first-order valence-corrected chi connectivity index (χ1v) is 5.06. The van der Waals surface area contributed by atoms with Crippen molar-refractivity contribution >= 4 is 17.3 Å². The van der Waals surface area contributed by atoms with Crippen LogP contribution in [0.3, 0.4) is 0 Å². The average molecular weight is 216 g/mol. The number of ether oxygens (including phenoxy) is 2. The van der Waals surface area contributed by atoms with Gasteiger partial charge in [-0.1, -0.05) is 0 Å². The van der Waals surface area contributed by atoms with Gasteiger partial charge >= 0.3 is 5.97 Å². The number of hydrogen-bond acceptors (Lipinski definition) is 4. The van der Waals surface area contributed by atoms with Gasteiger partial charge in [0.05, 0.1) is 6.61 Å². The van der Waals surface area contributed by atoms with Gasteiger partial charge in [0, 0.05) is 20.1 Å². The van der Waals surface area contributed by atoms with Crippen LogP contribution in [0.2, 0.25) is 0 Å². The van der Waals surface area contributed by atoms with Crippen LogP contribution in [0.25, 0.3) is 0 Å². The number of hydrogen-bond donors (Lipinski definition) is 1. The highest BCUT2D eigenvalue weighted by Crippen LogP contribution is 2.24. The SMILES string of the molecule is COCCCOc1ccsc1C(=O)O. The molecule has 1 aromatic heterocycles. The molecule has 0 saturated heterocycles. The molecule has 0 spiro atoms. The quantitative estimate of drug-likeness (QED) is 0.737. The largest absolute Gasteiger partial charge is 0.492 e. The lowest BCUT2D eigenvalue weighted by molar-refractivity contribution is 0.0697. The zero-order valence-corrected chi connectivity index (χ0v) is 8.67. The highest BCUT2D eigenvalue weighted by molar-refractivity contribution is 7.12. The molecule has 0 aliphatic heterocycles. The molecule has 1 heterocycles. The second kappa shape index (κ2) is 5.62. The predicted octanol–water partition coefficient (Wildman–Crippen LogP) is 1.86. The van der Waals surface area contributed by atoms with Gasteiger partial charge in [-0.3, -0.25) is 0 Å². The lowest BCUT2D eigenvalue weighted by atomic mass is 10.4. The molecular formula is C9H12O4S. The Labute approximate surface area is 86.1 Å². The van der Waals surface area contributed by atoms with Gasteiger partial charge in [-0.25, -0.2) is 4.79 Å². The van der Waals surface area contributed by atoms with Gasteiger partial charge in [-0.15, -0.1) is 11.3 Å². The molecule has 0 fully saturated rings. The summed E-state index contributed by atoms with van der Waals surface area (Å²) in [6.07, 6.45) is 0.755.